The maximum atomic E-state index is 16.7. The van der Waals surface area contributed by atoms with Crippen LogP contribution in [0.2, 0.25) is 0 Å². The number of nitrogens with two attached hydrogens (primary N) is 1. The Labute approximate surface area is 357 Å². The maximum absolute atomic E-state index is 16.7. The SMILES string of the molecule is NC1(c2ccc(-c3c(-c4ccccc4)oc4ccc(F)c(C5(c6ccc(-c7c(-c8ccccc8)oc8c(ccc9c(I)[nH]nc98)c7=O)cc6)CCC5)c4c3=O)cc2)CCC1. The zero-order valence-corrected chi connectivity index (χ0v) is 34.5. The molecule has 2 aliphatic carbocycles. The minimum atomic E-state index is -0.804. The zero-order chi connectivity index (χ0) is 40.8. The van der Waals surface area contributed by atoms with Crippen molar-refractivity contribution in [3.63, 3.8) is 0 Å². The van der Waals surface area contributed by atoms with Crippen LogP contribution in [0.3, 0.4) is 0 Å². The molecule has 7 nitrogen and oxygen atoms in total. The van der Waals surface area contributed by atoms with Gasteiger partial charge >= 0.3 is 0 Å². The minimum absolute atomic E-state index is 0.178. The number of aromatic amines is 1. The van der Waals surface area contributed by atoms with E-state index >= 15 is 9.18 Å². The van der Waals surface area contributed by atoms with Gasteiger partial charge < -0.3 is 14.6 Å². The van der Waals surface area contributed by atoms with E-state index < -0.39 is 11.2 Å². The van der Waals surface area contributed by atoms with Crippen LogP contribution in [-0.2, 0) is 11.0 Å². The summed E-state index contributed by atoms with van der Waals surface area (Å²) in [6.45, 7) is 0. The Morgan fingerprint density at radius 3 is 1.77 bits per heavy atom. The second-order valence-corrected chi connectivity index (χ2v) is 17.4. The van der Waals surface area contributed by atoms with E-state index in [1.165, 1.54) is 6.07 Å². The summed E-state index contributed by atoms with van der Waals surface area (Å²) < 4.78 is 30.9. The molecule has 0 atom stereocenters. The second-order valence-electron chi connectivity index (χ2n) is 16.3. The van der Waals surface area contributed by atoms with Gasteiger partial charge in [0.05, 0.1) is 21.9 Å². The fraction of sp³-hybridized carbons (Fsp3) is 0.157. The first-order valence-corrected chi connectivity index (χ1v) is 21.4. The highest BCUT2D eigenvalue weighted by atomic mass is 127. The molecule has 294 valence electrons. The monoisotopic (exact) mass is 901 g/mol. The molecular weight excluding hydrogens is 864 g/mol. The first-order valence-electron chi connectivity index (χ1n) is 20.3. The number of hydrogen-bond acceptors (Lipinski definition) is 6. The van der Waals surface area contributed by atoms with Gasteiger partial charge in [-0.15, -0.1) is 0 Å². The van der Waals surface area contributed by atoms with Crippen LogP contribution in [-0.4, -0.2) is 10.2 Å². The Balaban J connectivity index is 1.08. The molecule has 0 bridgehead atoms. The van der Waals surface area contributed by atoms with Gasteiger partial charge in [0.25, 0.3) is 0 Å². The van der Waals surface area contributed by atoms with Crippen molar-refractivity contribution in [1.29, 1.82) is 0 Å². The predicted octanol–water partition coefficient (Wildman–Crippen LogP) is 12.0. The lowest BCUT2D eigenvalue weighted by atomic mass is 9.59. The van der Waals surface area contributed by atoms with E-state index in [1.54, 1.807) is 12.1 Å². The number of H-pyrrole nitrogens is 1. The van der Waals surface area contributed by atoms with Crippen LogP contribution in [0.5, 0.6) is 0 Å². The van der Waals surface area contributed by atoms with E-state index in [0.717, 1.165) is 57.0 Å². The van der Waals surface area contributed by atoms with Crippen molar-refractivity contribution in [1.82, 2.24) is 10.2 Å². The summed E-state index contributed by atoms with van der Waals surface area (Å²) in [5.74, 6) is 0.414. The van der Waals surface area contributed by atoms with Gasteiger partial charge in [0.1, 0.15) is 32.1 Å². The van der Waals surface area contributed by atoms with Gasteiger partial charge in [-0.3, -0.25) is 14.7 Å². The number of aromatic nitrogens is 2. The molecule has 2 aliphatic rings. The van der Waals surface area contributed by atoms with Crippen molar-refractivity contribution in [2.75, 3.05) is 0 Å². The van der Waals surface area contributed by atoms with Crippen molar-refractivity contribution >= 4 is 55.4 Å². The summed E-state index contributed by atoms with van der Waals surface area (Å²) in [7, 11) is 0. The van der Waals surface area contributed by atoms with Crippen LogP contribution in [0.4, 0.5) is 4.39 Å². The van der Waals surface area contributed by atoms with Gasteiger partial charge in [-0.1, -0.05) is 116 Å². The molecular formula is C51H37FIN3O4. The van der Waals surface area contributed by atoms with Crippen molar-refractivity contribution < 1.29 is 13.2 Å². The van der Waals surface area contributed by atoms with Gasteiger partial charge in [0, 0.05) is 33.0 Å². The van der Waals surface area contributed by atoms with Gasteiger partial charge in [0.15, 0.2) is 5.58 Å². The molecule has 2 fully saturated rings. The highest BCUT2D eigenvalue weighted by Gasteiger charge is 2.44. The number of nitrogens with zero attached hydrogens (tertiary/aromatic N) is 1. The van der Waals surface area contributed by atoms with Crippen LogP contribution in [0.25, 0.3) is 77.7 Å². The van der Waals surface area contributed by atoms with E-state index in [-0.39, 0.29) is 21.8 Å². The lowest BCUT2D eigenvalue weighted by Gasteiger charge is -2.43. The molecule has 6 aromatic carbocycles. The highest BCUT2D eigenvalue weighted by molar-refractivity contribution is 14.1. The summed E-state index contributed by atoms with van der Waals surface area (Å²) in [5.41, 5.74) is 12.3. The number of halogens is 2. The average molecular weight is 902 g/mol. The van der Waals surface area contributed by atoms with E-state index in [4.69, 9.17) is 14.6 Å². The van der Waals surface area contributed by atoms with Crippen LogP contribution >= 0.6 is 22.6 Å². The fourth-order valence-corrected chi connectivity index (χ4v) is 10.1. The Morgan fingerprint density at radius 2 is 1.18 bits per heavy atom. The molecule has 3 heterocycles. The smallest absolute Gasteiger partial charge is 0.201 e. The molecule has 0 spiro atoms. The predicted molar refractivity (Wildman–Crippen MR) is 243 cm³/mol. The van der Waals surface area contributed by atoms with Crippen molar-refractivity contribution in [2.45, 2.75) is 49.5 Å². The van der Waals surface area contributed by atoms with E-state index in [2.05, 4.69) is 32.8 Å². The third kappa shape index (κ3) is 5.59. The molecule has 0 aliphatic heterocycles. The highest BCUT2D eigenvalue weighted by Crippen LogP contribution is 2.52. The molecule has 3 aromatic heterocycles. The lowest BCUT2D eigenvalue weighted by molar-refractivity contribution is 0.253. The Morgan fingerprint density at radius 1 is 0.617 bits per heavy atom. The summed E-state index contributed by atoms with van der Waals surface area (Å²) in [6.07, 6.45) is 5.06. The van der Waals surface area contributed by atoms with Gasteiger partial charge in [-0.25, -0.2) is 4.39 Å². The summed E-state index contributed by atoms with van der Waals surface area (Å²) in [6, 6.07) is 41.5. The average Bonchev–Trinajstić information content (AvgIpc) is 3.64. The van der Waals surface area contributed by atoms with E-state index in [9.17, 15) is 4.79 Å². The van der Waals surface area contributed by atoms with Crippen LogP contribution in [0.1, 0.15) is 55.2 Å². The van der Waals surface area contributed by atoms with Gasteiger partial charge in [0.2, 0.25) is 10.9 Å². The topological polar surface area (TPSA) is 115 Å². The molecule has 0 unspecified atom stereocenters. The summed E-state index contributed by atoms with van der Waals surface area (Å²) >= 11 is 2.19. The largest absolute Gasteiger partial charge is 0.455 e. The Kier molecular flexibility index (Phi) is 8.58. The lowest BCUT2D eigenvalue weighted by Crippen LogP contribution is -2.43. The Bertz CT molecular complexity index is 3280. The van der Waals surface area contributed by atoms with Gasteiger partial charge in [-0.05, 0) is 101 Å². The number of hydrogen-bond donors (Lipinski definition) is 2. The number of rotatable bonds is 7. The molecule has 11 rings (SSSR count). The van der Waals surface area contributed by atoms with Crippen LogP contribution in [0, 0.1) is 9.52 Å². The van der Waals surface area contributed by atoms with Crippen LogP contribution < -0.4 is 16.6 Å². The fourth-order valence-electron chi connectivity index (χ4n) is 9.52. The van der Waals surface area contributed by atoms with E-state index in [0.29, 0.717) is 74.2 Å². The molecule has 0 saturated heterocycles. The Hall–Kier alpha value is -6.17. The molecule has 2 saturated carbocycles. The third-order valence-electron chi connectivity index (χ3n) is 13.0. The quantitative estimate of drug-likeness (QED) is 0.154. The number of benzene rings is 6. The third-order valence-corrected chi connectivity index (χ3v) is 13.8. The van der Waals surface area contributed by atoms with E-state index in [1.807, 2.05) is 115 Å². The summed E-state index contributed by atoms with van der Waals surface area (Å²) in [4.78, 5) is 29.7. The van der Waals surface area contributed by atoms with Crippen molar-refractivity contribution in [3.05, 3.63) is 180 Å². The molecule has 9 heteroatoms. The van der Waals surface area contributed by atoms with Crippen LogP contribution in [0.15, 0.2) is 152 Å². The molecule has 60 heavy (non-hydrogen) atoms. The van der Waals surface area contributed by atoms with Gasteiger partial charge in [-0.2, -0.15) is 5.10 Å². The van der Waals surface area contributed by atoms with Crippen molar-refractivity contribution in [3.8, 4) is 44.9 Å². The standard InChI is InChI=1S/C51H37FIN3O4/c52-37-23-24-38-41(45(58)40(46(59-38)31-9-3-1-4-10-31)30-15-19-34(20-16-30)51(54)27-8-28-51)42(37)50(25-7-26-50)33-17-13-29(14-18-33)39-44(57)36-22-21-35-43(55-56-49(35)53)48(36)60-47(39)32-11-5-2-6-12-32/h1-6,9-24H,7-8,25-28,54H2,(H,55,56). The normalized spacial score (nSPS) is 15.6. The molecule has 9 aromatic rings. The maximum Gasteiger partial charge on any atom is 0.201 e. The minimum Gasteiger partial charge on any atom is -0.455 e. The first kappa shape index (κ1) is 36.9. The number of fused-ring (bicyclic) bond motifs is 4. The first-order chi connectivity index (χ1) is 29.2. The molecule has 3 N–H and O–H groups in total. The van der Waals surface area contributed by atoms with Crippen molar-refractivity contribution in [2.24, 2.45) is 5.73 Å². The zero-order valence-electron chi connectivity index (χ0n) is 32.4. The summed E-state index contributed by atoms with van der Waals surface area (Å²) in [5, 5.41) is 9.02. The number of nitrogens with one attached hydrogen (secondary N) is 1. The second kappa shape index (κ2) is 14.0. The molecule has 0 amide bonds. The molecule has 0 radical (unpaired) electrons.